The fourth-order valence-corrected chi connectivity index (χ4v) is 3.93. The van der Waals surface area contributed by atoms with Crippen LogP contribution in [0.3, 0.4) is 0 Å². The highest BCUT2D eigenvalue weighted by atomic mass is 16.5. The molecular formula is C24H36O3. The van der Waals surface area contributed by atoms with Crippen molar-refractivity contribution in [2.24, 2.45) is 5.92 Å². The van der Waals surface area contributed by atoms with Crippen LogP contribution in [0.1, 0.15) is 119 Å². The molecule has 1 aliphatic heterocycles. The number of ether oxygens (including phenoxy) is 1. The zero-order chi connectivity index (χ0) is 30.2. The van der Waals surface area contributed by atoms with Gasteiger partial charge in [0.25, 0.3) is 0 Å². The second-order valence-corrected chi connectivity index (χ2v) is 8.13. The van der Waals surface area contributed by atoms with Gasteiger partial charge in [-0.25, -0.2) is 0 Å². The maximum atomic E-state index is 12.9. The number of phenolic OH excluding ortho intramolecular Hbond substituents is 1. The van der Waals surface area contributed by atoms with Gasteiger partial charge in [-0.1, -0.05) is 46.4 Å². The van der Waals surface area contributed by atoms with Crippen molar-refractivity contribution in [3.63, 3.8) is 0 Å². The summed E-state index contributed by atoms with van der Waals surface area (Å²) < 4.78 is 104. The molecule has 0 saturated heterocycles. The number of carbonyl (C=O) groups excluding carboxylic acids is 1. The van der Waals surface area contributed by atoms with E-state index in [1.54, 1.807) is 0 Å². The maximum absolute atomic E-state index is 12.9. The molecule has 1 aliphatic carbocycles. The monoisotopic (exact) mass is 384 g/mol. The normalized spacial score (nSPS) is 35.9. The van der Waals surface area contributed by atoms with E-state index in [4.69, 9.17) is 21.2 Å². The third-order valence-corrected chi connectivity index (χ3v) is 5.66. The molecule has 0 aromatic heterocycles. The van der Waals surface area contributed by atoms with Gasteiger partial charge in [-0.2, -0.15) is 0 Å². The van der Waals surface area contributed by atoms with E-state index < -0.39 is 73.6 Å². The van der Waals surface area contributed by atoms with Crippen LogP contribution >= 0.6 is 0 Å². The fourth-order valence-electron chi connectivity index (χ4n) is 3.93. The minimum atomic E-state index is -3.38. The first kappa shape index (κ1) is 9.80. The molecule has 150 valence electrons. The molecule has 0 bridgehead atoms. The molecular weight excluding hydrogens is 336 g/mol. The minimum Gasteiger partial charge on any atom is -0.508 e. The number of benzene rings is 1. The van der Waals surface area contributed by atoms with Gasteiger partial charge in [-0.15, -0.1) is 0 Å². The molecule has 3 rings (SSSR count). The molecule has 2 atom stereocenters. The first-order valence-corrected chi connectivity index (χ1v) is 9.41. The van der Waals surface area contributed by atoms with Crippen molar-refractivity contribution >= 4 is 5.78 Å². The molecule has 0 unspecified atom stereocenters. The number of phenols is 1. The first-order chi connectivity index (χ1) is 17.3. The van der Waals surface area contributed by atoms with Crippen LogP contribution in [0.4, 0.5) is 0 Å². The van der Waals surface area contributed by atoms with Gasteiger partial charge >= 0.3 is 0 Å². The van der Waals surface area contributed by atoms with Gasteiger partial charge < -0.3 is 9.84 Å². The van der Waals surface area contributed by atoms with E-state index in [0.29, 0.717) is 31.2 Å². The van der Waals surface area contributed by atoms with Crippen LogP contribution in [0.15, 0.2) is 12.1 Å². The summed E-state index contributed by atoms with van der Waals surface area (Å²) in [5.74, 6) is -5.94. The zero-order valence-corrected chi connectivity index (χ0v) is 16.1. The minimum absolute atomic E-state index is 0.253. The van der Waals surface area contributed by atoms with Crippen molar-refractivity contribution in [2.75, 3.05) is 0 Å². The molecule has 1 aromatic rings. The Labute approximate surface area is 181 Å². The second-order valence-electron chi connectivity index (χ2n) is 8.13. The second kappa shape index (κ2) is 7.48. The number of carbonyl (C=O) groups is 1. The highest BCUT2D eigenvalue weighted by Gasteiger charge is 2.47. The summed E-state index contributed by atoms with van der Waals surface area (Å²) in [5.41, 5.74) is -3.51. The standard InChI is InChI=1S/C24H36O3/c1-6-7-8-9-12-23(2,3)16-13-20(26)22-18-15-17(25)10-11-19(18)24(4,5)27-21(22)14-16/h13-14,18-19,26H,6-12,15H2,1-5H3/t18-,19-/m1/s1/i4D3,5D3,6D2,10D2,15D2. The predicted molar refractivity (Wildman–Crippen MR) is 110 cm³/mol. The average molecular weight is 385 g/mol. The summed E-state index contributed by atoms with van der Waals surface area (Å²) in [6, 6.07) is 2.74. The highest BCUT2D eigenvalue weighted by Crippen LogP contribution is 2.54. The Kier molecular flexibility index (Phi) is 2.72. The van der Waals surface area contributed by atoms with Crippen molar-refractivity contribution in [3.8, 4) is 11.5 Å². The van der Waals surface area contributed by atoms with Crippen molar-refractivity contribution < 1.29 is 31.1 Å². The van der Waals surface area contributed by atoms with E-state index in [2.05, 4.69) is 0 Å². The Balaban J connectivity index is 2.22. The third-order valence-electron chi connectivity index (χ3n) is 5.66. The van der Waals surface area contributed by atoms with E-state index in [-0.39, 0.29) is 11.3 Å². The summed E-state index contributed by atoms with van der Waals surface area (Å²) in [6.45, 7) is -1.58. The predicted octanol–water partition coefficient (Wildman–Crippen LogP) is 6.26. The number of ketones is 1. The molecule has 27 heavy (non-hydrogen) atoms. The smallest absolute Gasteiger partial charge is 0.133 e. The number of rotatable bonds is 6. The quantitative estimate of drug-likeness (QED) is 0.588. The molecule has 1 aromatic carbocycles. The molecule has 3 nitrogen and oxygen atoms in total. The van der Waals surface area contributed by atoms with Crippen LogP contribution in [-0.4, -0.2) is 16.5 Å². The lowest BCUT2D eigenvalue weighted by Crippen LogP contribution is -2.47. The topological polar surface area (TPSA) is 46.5 Å². The number of hydrogen-bond acceptors (Lipinski definition) is 3. The average Bonchev–Trinajstić information content (AvgIpc) is 2.72. The molecule has 1 fully saturated rings. The van der Waals surface area contributed by atoms with Gasteiger partial charge in [0.2, 0.25) is 0 Å². The lowest BCUT2D eigenvalue weighted by atomic mass is 9.66. The van der Waals surface area contributed by atoms with Crippen LogP contribution in [0.2, 0.25) is 0 Å². The largest absolute Gasteiger partial charge is 0.508 e. The van der Waals surface area contributed by atoms with Crippen LogP contribution in [0.25, 0.3) is 0 Å². The van der Waals surface area contributed by atoms with Crippen LogP contribution in [0, 0.1) is 5.92 Å². The van der Waals surface area contributed by atoms with Crippen LogP contribution in [0.5, 0.6) is 11.5 Å². The van der Waals surface area contributed by atoms with Gasteiger partial charge in [-0.05, 0) is 49.7 Å². The molecule has 1 saturated carbocycles. The van der Waals surface area contributed by atoms with Gasteiger partial charge in [0.1, 0.15) is 22.9 Å². The zero-order valence-electron chi connectivity index (χ0n) is 28.1. The van der Waals surface area contributed by atoms with E-state index in [1.165, 1.54) is 19.1 Å². The van der Waals surface area contributed by atoms with E-state index in [0.717, 1.165) is 0 Å². The van der Waals surface area contributed by atoms with Gasteiger partial charge in [0, 0.05) is 46.6 Å². The molecule has 0 amide bonds. The third kappa shape index (κ3) is 4.02. The van der Waals surface area contributed by atoms with Crippen molar-refractivity contribution in [3.05, 3.63) is 23.3 Å². The van der Waals surface area contributed by atoms with Gasteiger partial charge in [-0.3, -0.25) is 4.79 Å². The van der Waals surface area contributed by atoms with Crippen LogP contribution in [-0.2, 0) is 10.2 Å². The maximum Gasteiger partial charge on any atom is 0.133 e. The van der Waals surface area contributed by atoms with Gasteiger partial charge in [0.05, 0.1) is 0 Å². The summed E-state index contributed by atoms with van der Waals surface area (Å²) in [7, 11) is 0. The Morgan fingerprint density at radius 1 is 1.37 bits per heavy atom. The molecule has 3 heteroatoms. The molecule has 0 spiro atoms. The van der Waals surface area contributed by atoms with Gasteiger partial charge in [0.15, 0.2) is 0 Å². The van der Waals surface area contributed by atoms with Crippen molar-refractivity contribution in [2.45, 2.75) is 103 Å². The first-order valence-electron chi connectivity index (χ1n) is 15.4. The number of hydrogen-bond donors (Lipinski definition) is 1. The SMILES string of the molecule is [2H]C([2H])(C)CCCCC(C)(C)c1cc(O)c2c(c1)OC(C([2H])([2H])[2H])(C([2H])([2H])[2H])[C@@H]1CC([2H])([2H])C(=O)C([2H])([2H])[C@@H]21. The number of fused-ring (bicyclic) bond motifs is 3. The van der Waals surface area contributed by atoms with E-state index in [9.17, 15) is 9.90 Å². The summed E-state index contributed by atoms with van der Waals surface area (Å²) in [5, 5.41) is 11.2. The number of aromatic hydroxyl groups is 1. The Hall–Kier alpha value is -1.51. The Bertz CT molecular complexity index is 1100. The summed E-state index contributed by atoms with van der Waals surface area (Å²) >= 11 is 0. The molecule has 1 heterocycles. The lowest BCUT2D eigenvalue weighted by Gasteiger charge is -2.47. The fraction of sp³-hybridized carbons (Fsp3) is 0.708. The van der Waals surface area contributed by atoms with Crippen molar-refractivity contribution in [1.82, 2.24) is 0 Å². The lowest BCUT2D eigenvalue weighted by molar-refractivity contribution is -0.124. The Morgan fingerprint density at radius 2 is 2.15 bits per heavy atom. The van der Waals surface area contributed by atoms with Crippen LogP contribution < -0.4 is 4.74 Å². The highest BCUT2D eigenvalue weighted by molar-refractivity contribution is 5.81. The van der Waals surface area contributed by atoms with E-state index >= 15 is 0 Å². The molecule has 1 N–H and O–H groups in total. The number of Topliss-reactive ketones (excluding diaryl/α,β-unsaturated/α-hetero) is 1. The summed E-state index contributed by atoms with van der Waals surface area (Å²) in [6.07, 6.45) is -6.03. The Morgan fingerprint density at radius 3 is 2.85 bits per heavy atom. The van der Waals surface area contributed by atoms with Crippen molar-refractivity contribution in [1.29, 1.82) is 0 Å². The molecule has 2 aliphatic rings. The number of unbranched alkanes of at least 4 members (excludes halogenated alkanes) is 1. The molecule has 0 radical (unpaired) electrons. The van der Waals surface area contributed by atoms with E-state index in [1.807, 2.05) is 13.8 Å². The summed E-state index contributed by atoms with van der Waals surface area (Å²) in [4.78, 5) is 12.9.